The van der Waals surface area contributed by atoms with Crippen LogP contribution in [-0.2, 0) is 0 Å². The Hall–Kier alpha value is -4.49. The number of rotatable bonds is 5. The molecule has 6 rings (SSSR count). The molecule has 0 spiro atoms. The van der Waals surface area contributed by atoms with Crippen LogP contribution < -0.4 is 10.3 Å². The lowest BCUT2D eigenvalue weighted by molar-refractivity contribution is 0.265. The van der Waals surface area contributed by atoms with E-state index in [9.17, 15) is 9.18 Å². The Morgan fingerprint density at radius 2 is 1.58 bits per heavy atom. The molecular formula is C31H23FN4OS. The molecule has 0 radical (unpaired) electrons. The first-order valence-corrected chi connectivity index (χ1v) is 13.1. The summed E-state index contributed by atoms with van der Waals surface area (Å²) in [6, 6.07) is 34.8. The summed E-state index contributed by atoms with van der Waals surface area (Å²) in [6.45, 7) is 0. The van der Waals surface area contributed by atoms with Crippen molar-refractivity contribution in [2.45, 2.75) is 12.5 Å². The van der Waals surface area contributed by atoms with Crippen molar-refractivity contribution in [1.82, 2.24) is 5.32 Å². The molecule has 1 saturated heterocycles. The average Bonchev–Trinajstić information content (AvgIpc) is 3.55. The van der Waals surface area contributed by atoms with Gasteiger partial charge in [-0.15, -0.1) is 0 Å². The third-order valence-electron chi connectivity index (χ3n) is 6.38. The van der Waals surface area contributed by atoms with Crippen molar-refractivity contribution >= 4 is 46.0 Å². The van der Waals surface area contributed by atoms with Gasteiger partial charge in [0.05, 0.1) is 28.0 Å². The van der Waals surface area contributed by atoms with Crippen LogP contribution in [0.3, 0.4) is 0 Å². The van der Waals surface area contributed by atoms with Crippen LogP contribution in [0.4, 0.5) is 20.6 Å². The fourth-order valence-corrected chi connectivity index (χ4v) is 5.26. The van der Waals surface area contributed by atoms with Gasteiger partial charge < -0.3 is 5.32 Å². The Bertz CT molecular complexity index is 1550. The van der Waals surface area contributed by atoms with Crippen LogP contribution in [0.2, 0.25) is 0 Å². The Balaban J connectivity index is 1.29. The minimum atomic E-state index is -0.331. The highest BCUT2D eigenvalue weighted by molar-refractivity contribution is 8.18. The third-order valence-corrected chi connectivity index (χ3v) is 7.20. The minimum Gasteiger partial charge on any atom is -0.300 e. The standard InChI is InChI=1S/C31H23FN4OS/c32-24-13-15-25(16-14-24)33-30-29(38-31(37)34-30)19-21-11-17-26(18-12-21)36-28(23-9-5-2-6-10-23)20-27(35-36)22-7-3-1-4-8-22/h1-19,28H,20H2,(H,33,34,37). The highest BCUT2D eigenvalue weighted by Crippen LogP contribution is 2.37. The number of anilines is 1. The second-order valence-corrected chi connectivity index (χ2v) is 9.95. The zero-order valence-electron chi connectivity index (χ0n) is 20.3. The van der Waals surface area contributed by atoms with Crippen LogP contribution in [0.15, 0.2) is 124 Å². The summed E-state index contributed by atoms with van der Waals surface area (Å²) in [6.07, 6.45) is 2.74. The van der Waals surface area contributed by atoms with Gasteiger partial charge >= 0.3 is 0 Å². The van der Waals surface area contributed by atoms with Crippen LogP contribution in [0.5, 0.6) is 0 Å². The first-order chi connectivity index (χ1) is 18.6. The van der Waals surface area contributed by atoms with E-state index in [1.165, 1.54) is 17.7 Å². The summed E-state index contributed by atoms with van der Waals surface area (Å²) in [5, 5.41) is 9.69. The van der Waals surface area contributed by atoms with E-state index in [-0.39, 0.29) is 17.1 Å². The number of carbonyl (C=O) groups is 1. The van der Waals surface area contributed by atoms with Crippen LogP contribution >= 0.6 is 11.8 Å². The molecule has 0 saturated carbocycles. The first-order valence-electron chi connectivity index (χ1n) is 12.2. The zero-order valence-corrected chi connectivity index (χ0v) is 21.1. The van der Waals surface area contributed by atoms with Gasteiger partial charge in [0.25, 0.3) is 5.24 Å². The highest BCUT2D eigenvalue weighted by atomic mass is 32.2. The normalized spacial score (nSPS) is 19.2. The maximum absolute atomic E-state index is 13.3. The molecule has 2 aliphatic heterocycles. The molecule has 0 bridgehead atoms. The summed E-state index contributed by atoms with van der Waals surface area (Å²) in [5.41, 5.74) is 5.88. The number of nitrogens with zero attached hydrogens (tertiary/aromatic N) is 3. The Kier molecular flexibility index (Phi) is 6.58. The molecule has 0 aromatic heterocycles. The van der Waals surface area contributed by atoms with Crippen LogP contribution in [0.1, 0.15) is 29.2 Å². The molecule has 1 atom stereocenters. The number of amides is 1. The topological polar surface area (TPSA) is 57.1 Å². The number of amidine groups is 1. The van der Waals surface area contributed by atoms with Gasteiger partial charge in [-0.25, -0.2) is 9.38 Å². The Morgan fingerprint density at radius 1 is 0.895 bits per heavy atom. The molecule has 5 nitrogen and oxygen atoms in total. The molecule has 1 fully saturated rings. The van der Waals surface area contributed by atoms with E-state index in [0.29, 0.717) is 16.4 Å². The van der Waals surface area contributed by atoms with Gasteiger partial charge in [0.15, 0.2) is 0 Å². The van der Waals surface area contributed by atoms with Crippen molar-refractivity contribution < 1.29 is 9.18 Å². The van der Waals surface area contributed by atoms with Crippen molar-refractivity contribution in [3.63, 3.8) is 0 Å². The number of thioether (sulfide) groups is 1. The van der Waals surface area contributed by atoms with E-state index < -0.39 is 0 Å². The van der Waals surface area contributed by atoms with Gasteiger partial charge in [0.1, 0.15) is 11.7 Å². The average molecular weight is 519 g/mol. The second-order valence-electron chi connectivity index (χ2n) is 8.94. The maximum Gasteiger partial charge on any atom is 0.289 e. The van der Waals surface area contributed by atoms with E-state index >= 15 is 0 Å². The zero-order chi connectivity index (χ0) is 25.9. The lowest BCUT2D eigenvalue weighted by Gasteiger charge is -2.24. The van der Waals surface area contributed by atoms with E-state index in [0.717, 1.165) is 40.7 Å². The fourth-order valence-electron chi connectivity index (χ4n) is 4.52. The molecule has 7 heteroatoms. The molecule has 4 aromatic rings. The summed E-state index contributed by atoms with van der Waals surface area (Å²) >= 11 is 1.09. The predicted octanol–water partition coefficient (Wildman–Crippen LogP) is 7.71. The van der Waals surface area contributed by atoms with Crippen molar-refractivity contribution in [2.75, 3.05) is 5.01 Å². The lowest BCUT2D eigenvalue weighted by Crippen LogP contribution is -2.18. The van der Waals surface area contributed by atoms with Crippen molar-refractivity contribution in [2.24, 2.45) is 10.1 Å². The van der Waals surface area contributed by atoms with Crippen LogP contribution in [0, 0.1) is 5.82 Å². The number of benzene rings is 4. The second kappa shape index (κ2) is 10.5. The summed E-state index contributed by atoms with van der Waals surface area (Å²) < 4.78 is 13.3. The number of nitrogens with one attached hydrogen (secondary N) is 1. The first kappa shape index (κ1) is 23.9. The van der Waals surface area contributed by atoms with Gasteiger partial charge in [-0.1, -0.05) is 72.8 Å². The number of hydrogen-bond donors (Lipinski definition) is 1. The quantitative estimate of drug-likeness (QED) is 0.294. The van der Waals surface area contributed by atoms with Gasteiger partial charge in [-0.05, 0) is 70.9 Å². The maximum atomic E-state index is 13.3. The molecule has 1 amide bonds. The van der Waals surface area contributed by atoms with E-state index in [2.05, 4.69) is 51.7 Å². The third kappa shape index (κ3) is 5.14. The Morgan fingerprint density at radius 3 is 2.29 bits per heavy atom. The van der Waals surface area contributed by atoms with Gasteiger partial charge in [-0.2, -0.15) is 5.10 Å². The lowest BCUT2D eigenvalue weighted by atomic mass is 9.98. The largest absolute Gasteiger partial charge is 0.300 e. The van der Waals surface area contributed by atoms with E-state index in [1.54, 1.807) is 12.1 Å². The molecule has 2 aliphatic rings. The van der Waals surface area contributed by atoms with Crippen LogP contribution in [0.25, 0.3) is 6.08 Å². The van der Waals surface area contributed by atoms with Crippen molar-refractivity contribution in [3.8, 4) is 0 Å². The van der Waals surface area contributed by atoms with Gasteiger partial charge in [-0.3, -0.25) is 9.80 Å². The molecular weight excluding hydrogens is 495 g/mol. The molecule has 4 aromatic carbocycles. The predicted molar refractivity (Wildman–Crippen MR) is 153 cm³/mol. The number of halogens is 1. The van der Waals surface area contributed by atoms with Gasteiger partial charge in [0, 0.05) is 6.42 Å². The van der Waals surface area contributed by atoms with Crippen molar-refractivity contribution in [1.29, 1.82) is 0 Å². The summed E-state index contributed by atoms with van der Waals surface area (Å²) in [7, 11) is 0. The smallest absolute Gasteiger partial charge is 0.289 e. The number of hydrazone groups is 1. The van der Waals surface area contributed by atoms with Crippen LogP contribution in [-0.4, -0.2) is 16.8 Å². The summed E-state index contributed by atoms with van der Waals surface area (Å²) in [4.78, 5) is 17.3. The SMILES string of the molecule is O=C1NC(=Nc2ccc(F)cc2)C(=Cc2ccc(N3N=C(c4ccccc4)CC3c3ccccc3)cc2)S1. The van der Waals surface area contributed by atoms with E-state index in [4.69, 9.17) is 5.10 Å². The number of carbonyl (C=O) groups excluding carboxylic acids is 1. The van der Waals surface area contributed by atoms with Crippen molar-refractivity contribution in [3.05, 3.63) is 137 Å². The Labute approximate surface area is 224 Å². The highest BCUT2D eigenvalue weighted by Gasteiger charge is 2.30. The number of aliphatic imine (C=N–C) groups is 1. The number of hydrogen-bond acceptors (Lipinski definition) is 5. The fraction of sp³-hybridized carbons (Fsp3) is 0.0645. The minimum absolute atomic E-state index is 0.0947. The van der Waals surface area contributed by atoms with E-state index in [1.807, 2.05) is 54.6 Å². The molecule has 1 N–H and O–H groups in total. The monoisotopic (exact) mass is 518 g/mol. The molecule has 0 aliphatic carbocycles. The molecule has 38 heavy (non-hydrogen) atoms. The summed E-state index contributed by atoms with van der Waals surface area (Å²) in [5.74, 6) is 0.124. The molecule has 1 unspecified atom stereocenters. The molecule has 2 heterocycles. The van der Waals surface area contributed by atoms with Gasteiger partial charge in [0.2, 0.25) is 0 Å². The molecule has 186 valence electrons.